The van der Waals surface area contributed by atoms with E-state index < -0.39 is 5.82 Å². The molecular weight excluding hydrogens is 653 g/mol. The number of piperazine rings is 1. The summed E-state index contributed by atoms with van der Waals surface area (Å²) in [5.41, 5.74) is 1.46. The highest BCUT2D eigenvalue weighted by Gasteiger charge is 2.35. The minimum absolute atomic E-state index is 0.0234. The van der Waals surface area contributed by atoms with Gasteiger partial charge in [0.25, 0.3) is 11.9 Å². The number of rotatable bonds is 8. The van der Waals surface area contributed by atoms with Crippen molar-refractivity contribution >= 4 is 17.8 Å². The van der Waals surface area contributed by atoms with Gasteiger partial charge in [-0.3, -0.25) is 9.69 Å². The molecule has 0 N–H and O–H groups in total. The van der Waals surface area contributed by atoms with Crippen molar-refractivity contribution in [3.8, 4) is 17.5 Å². The van der Waals surface area contributed by atoms with Gasteiger partial charge in [-0.1, -0.05) is 17.3 Å². The van der Waals surface area contributed by atoms with Crippen LogP contribution in [0.1, 0.15) is 49.2 Å². The fourth-order valence-corrected chi connectivity index (χ4v) is 7.26. The van der Waals surface area contributed by atoms with Crippen molar-refractivity contribution < 1.29 is 13.9 Å². The second kappa shape index (κ2) is 14.2. The number of carbonyl (C=O) groups is 1. The van der Waals surface area contributed by atoms with Gasteiger partial charge < -0.3 is 24.0 Å². The number of nitrogens with zero attached hydrogens (tertiary/aromatic N) is 13. The number of morpholine rings is 1. The number of aromatic nitrogens is 9. The van der Waals surface area contributed by atoms with Crippen LogP contribution >= 0.6 is 0 Å². The summed E-state index contributed by atoms with van der Waals surface area (Å²) >= 11 is 0. The molecule has 0 radical (unpaired) electrons. The smallest absolute Gasteiger partial charge is 0.259 e. The van der Waals surface area contributed by atoms with Gasteiger partial charge in [0, 0.05) is 70.3 Å². The molecule has 1 aromatic carbocycles. The van der Waals surface area contributed by atoms with E-state index in [9.17, 15) is 9.18 Å². The molecule has 266 valence electrons. The van der Waals surface area contributed by atoms with Gasteiger partial charge in [0.1, 0.15) is 17.1 Å². The number of para-hydroxylation sites is 1. The average molecular weight is 696 g/mol. The highest BCUT2D eigenvalue weighted by atomic mass is 19.1. The predicted molar refractivity (Wildman–Crippen MR) is 187 cm³/mol. The summed E-state index contributed by atoms with van der Waals surface area (Å²) < 4.78 is 25.4. The van der Waals surface area contributed by atoms with Crippen LogP contribution in [-0.2, 0) is 11.3 Å². The molecule has 2 atom stereocenters. The van der Waals surface area contributed by atoms with Gasteiger partial charge in [0.05, 0.1) is 31.3 Å². The van der Waals surface area contributed by atoms with Gasteiger partial charge in [-0.15, -0.1) is 5.10 Å². The van der Waals surface area contributed by atoms with Crippen LogP contribution in [0.25, 0.3) is 17.5 Å². The third-order valence-corrected chi connectivity index (χ3v) is 9.92. The van der Waals surface area contributed by atoms with Crippen molar-refractivity contribution in [3.05, 3.63) is 78.3 Å². The standard InChI is InChI=1S/C35H42FN13O2/c1-25-21-46(32(50)28-20-37-49(30-11-5-4-10-29(30)36)31(28)43-12-8-9-13-43)22-26(2)47(25)23-27-24-48(42-41-27)35-39-33(44-14-6-3-7-15-44)38-34(40-35)45-16-18-51-19-17-45/h4-5,8-13,20,24-26H,3,6-7,14-19,21-23H2,1-2H3/t25-,26+. The first-order valence-electron chi connectivity index (χ1n) is 17.7. The van der Waals surface area contributed by atoms with Gasteiger partial charge >= 0.3 is 0 Å². The Morgan fingerprint density at radius 1 is 0.863 bits per heavy atom. The van der Waals surface area contributed by atoms with Crippen LogP contribution in [-0.4, -0.2) is 125 Å². The Hall–Kier alpha value is -5.22. The van der Waals surface area contributed by atoms with Crippen molar-refractivity contribution in [3.63, 3.8) is 0 Å². The molecule has 7 heterocycles. The zero-order chi connectivity index (χ0) is 34.9. The average Bonchev–Trinajstić information content (AvgIpc) is 3.95. The minimum Gasteiger partial charge on any atom is -0.378 e. The maximum absolute atomic E-state index is 14.9. The van der Waals surface area contributed by atoms with Crippen LogP contribution in [0.3, 0.4) is 0 Å². The Labute approximate surface area is 295 Å². The predicted octanol–water partition coefficient (Wildman–Crippen LogP) is 3.13. The van der Waals surface area contributed by atoms with E-state index in [1.807, 2.05) is 35.6 Å². The molecular formula is C35H42FN13O2. The normalized spacial score (nSPS) is 20.3. The molecule has 0 spiro atoms. The Morgan fingerprint density at radius 2 is 1.53 bits per heavy atom. The zero-order valence-corrected chi connectivity index (χ0v) is 28.9. The number of hydrogen-bond donors (Lipinski definition) is 0. The van der Waals surface area contributed by atoms with Crippen molar-refractivity contribution in [2.24, 2.45) is 0 Å². The minimum atomic E-state index is -0.420. The molecule has 0 saturated carbocycles. The molecule has 1 amide bonds. The summed E-state index contributed by atoms with van der Waals surface area (Å²) in [4.78, 5) is 37.2. The summed E-state index contributed by atoms with van der Waals surface area (Å²) in [5.74, 6) is 1.66. The highest BCUT2D eigenvalue weighted by Crippen LogP contribution is 2.26. The molecule has 4 aromatic heterocycles. The molecule has 0 aliphatic carbocycles. The second-order valence-corrected chi connectivity index (χ2v) is 13.5. The first-order chi connectivity index (χ1) is 24.9. The molecule has 51 heavy (non-hydrogen) atoms. The number of piperidine rings is 1. The number of benzene rings is 1. The van der Waals surface area contributed by atoms with Gasteiger partial charge in [-0.05, 0) is 57.4 Å². The summed E-state index contributed by atoms with van der Waals surface area (Å²) in [6, 6.07) is 10.2. The number of hydrogen-bond acceptors (Lipinski definition) is 11. The number of halogens is 1. The molecule has 3 saturated heterocycles. The van der Waals surface area contributed by atoms with Gasteiger partial charge in [-0.2, -0.15) is 24.7 Å². The lowest BCUT2D eigenvalue weighted by molar-refractivity contribution is 0.0264. The van der Waals surface area contributed by atoms with Crippen LogP contribution < -0.4 is 9.80 Å². The van der Waals surface area contributed by atoms with Crippen molar-refractivity contribution in [1.82, 2.24) is 54.1 Å². The third kappa shape index (κ3) is 6.68. The Bertz CT molecular complexity index is 1920. The van der Waals surface area contributed by atoms with E-state index in [0.717, 1.165) is 44.7 Å². The van der Waals surface area contributed by atoms with E-state index in [4.69, 9.17) is 19.7 Å². The summed E-state index contributed by atoms with van der Waals surface area (Å²) in [7, 11) is 0. The number of carbonyl (C=O) groups excluding carboxylic acids is 1. The van der Waals surface area contributed by atoms with E-state index >= 15 is 0 Å². The van der Waals surface area contributed by atoms with Gasteiger partial charge in [-0.25, -0.2) is 9.07 Å². The molecule has 0 bridgehead atoms. The molecule has 8 rings (SSSR count). The van der Waals surface area contributed by atoms with E-state index in [1.165, 1.54) is 23.4 Å². The lowest BCUT2D eigenvalue weighted by Crippen LogP contribution is -2.57. The fourth-order valence-electron chi connectivity index (χ4n) is 7.26. The maximum atomic E-state index is 14.9. The maximum Gasteiger partial charge on any atom is 0.259 e. The Morgan fingerprint density at radius 3 is 2.24 bits per heavy atom. The molecule has 3 fully saturated rings. The quantitative estimate of drug-likeness (QED) is 0.237. The Balaban J connectivity index is 0.999. The van der Waals surface area contributed by atoms with E-state index in [2.05, 4.69) is 44.0 Å². The van der Waals surface area contributed by atoms with Gasteiger partial charge in [0.15, 0.2) is 5.82 Å². The summed E-state index contributed by atoms with van der Waals surface area (Å²) in [6.45, 7) is 10.3. The molecule has 0 unspecified atom stereocenters. The van der Waals surface area contributed by atoms with E-state index in [0.29, 0.717) is 62.1 Å². The fraction of sp³-hybridized carbons (Fsp3) is 0.457. The molecule has 3 aliphatic heterocycles. The van der Waals surface area contributed by atoms with Crippen LogP contribution in [0.2, 0.25) is 0 Å². The van der Waals surface area contributed by atoms with Crippen molar-refractivity contribution in [2.45, 2.75) is 51.7 Å². The Kier molecular flexibility index (Phi) is 9.17. The highest BCUT2D eigenvalue weighted by molar-refractivity contribution is 5.97. The monoisotopic (exact) mass is 695 g/mol. The van der Waals surface area contributed by atoms with Crippen molar-refractivity contribution in [2.75, 3.05) is 62.3 Å². The van der Waals surface area contributed by atoms with Crippen molar-refractivity contribution in [1.29, 1.82) is 0 Å². The summed E-state index contributed by atoms with van der Waals surface area (Å²) in [5, 5.41) is 13.4. The second-order valence-electron chi connectivity index (χ2n) is 13.5. The number of anilines is 2. The number of amides is 1. The van der Waals surface area contributed by atoms with Crippen LogP contribution in [0, 0.1) is 5.82 Å². The van der Waals surface area contributed by atoms with Gasteiger partial charge in [0.2, 0.25) is 11.9 Å². The van der Waals surface area contributed by atoms with E-state index in [-0.39, 0.29) is 23.7 Å². The van der Waals surface area contributed by atoms with Crippen LogP contribution in [0.15, 0.2) is 61.2 Å². The molecule has 16 heteroatoms. The number of ether oxygens (including phenoxy) is 1. The zero-order valence-electron chi connectivity index (χ0n) is 28.9. The molecule has 5 aromatic rings. The van der Waals surface area contributed by atoms with Crippen LogP contribution in [0.4, 0.5) is 16.3 Å². The first-order valence-corrected chi connectivity index (χ1v) is 17.7. The first kappa shape index (κ1) is 33.0. The van der Waals surface area contributed by atoms with E-state index in [1.54, 1.807) is 27.4 Å². The molecule has 3 aliphatic rings. The van der Waals surface area contributed by atoms with Crippen LogP contribution in [0.5, 0.6) is 0 Å². The lowest BCUT2D eigenvalue weighted by Gasteiger charge is -2.44. The topological polar surface area (TPSA) is 131 Å². The molecule has 15 nitrogen and oxygen atoms in total. The lowest BCUT2D eigenvalue weighted by atomic mass is 10.1. The summed E-state index contributed by atoms with van der Waals surface area (Å²) in [6.07, 6.45) is 10.5. The SMILES string of the molecule is C[C@@H]1CN(C(=O)c2cnn(-c3ccccc3F)c2-n2cccc2)C[C@H](C)N1Cc1cn(-c2nc(N3CCCCC3)nc(N3CCOCC3)n2)nn1. The largest absolute Gasteiger partial charge is 0.378 e. The third-order valence-electron chi connectivity index (χ3n) is 9.92.